The molecule has 4 N–H and O–H groups in total. The van der Waals surface area contributed by atoms with Crippen LogP contribution in [0.25, 0.3) is 0 Å². The van der Waals surface area contributed by atoms with Gasteiger partial charge in [-0.1, -0.05) is 12.1 Å². The number of hydrogen-bond acceptors (Lipinski definition) is 5. The molecule has 0 aliphatic carbocycles. The molecule has 1 aromatic rings. The summed E-state index contributed by atoms with van der Waals surface area (Å²) in [5.41, 5.74) is 11.3. The SMILES string of the molecule is NC(N)=NN=Cc1ccccc1OCCCN1CCOCC1. The Labute approximate surface area is 130 Å². The highest BCUT2D eigenvalue weighted by atomic mass is 16.5. The van der Waals surface area contributed by atoms with Gasteiger partial charge in [-0.3, -0.25) is 4.90 Å². The first kappa shape index (κ1) is 16.3. The summed E-state index contributed by atoms with van der Waals surface area (Å²) in [5.74, 6) is 0.708. The number of guanidine groups is 1. The van der Waals surface area contributed by atoms with E-state index in [1.165, 1.54) is 0 Å². The van der Waals surface area contributed by atoms with Gasteiger partial charge in [-0.05, 0) is 18.6 Å². The number of nitrogens with two attached hydrogens (primary N) is 2. The minimum atomic E-state index is -0.0693. The van der Waals surface area contributed by atoms with Crippen molar-refractivity contribution in [2.24, 2.45) is 21.7 Å². The fraction of sp³-hybridized carbons (Fsp3) is 0.467. The first-order valence-electron chi connectivity index (χ1n) is 7.39. The molecule has 0 atom stereocenters. The van der Waals surface area contributed by atoms with Gasteiger partial charge in [0.05, 0.1) is 26.0 Å². The van der Waals surface area contributed by atoms with Crippen LogP contribution in [0.4, 0.5) is 0 Å². The molecule has 1 aliphatic rings. The summed E-state index contributed by atoms with van der Waals surface area (Å²) in [5, 5.41) is 7.40. The van der Waals surface area contributed by atoms with Gasteiger partial charge in [0.1, 0.15) is 5.75 Å². The Bertz CT molecular complexity index is 508. The fourth-order valence-corrected chi connectivity index (χ4v) is 2.17. The highest BCUT2D eigenvalue weighted by Gasteiger charge is 2.09. The van der Waals surface area contributed by atoms with Crippen molar-refractivity contribution in [3.63, 3.8) is 0 Å². The predicted molar refractivity (Wildman–Crippen MR) is 87.2 cm³/mol. The molecule has 0 aromatic heterocycles. The number of hydrogen-bond donors (Lipinski definition) is 2. The van der Waals surface area contributed by atoms with Crippen molar-refractivity contribution in [1.29, 1.82) is 0 Å². The second-order valence-corrected chi connectivity index (χ2v) is 4.96. The average molecular weight is 305 g/mol. The molecule has 0 amide bonds. The lowest BCUT2D eigenvalue weighted by Gasteiger charge is -2.26. The molecular formula is C15H23N5O2. The van der Waals surface area contributed by atoms with Gasteiger partial charge in [-0.25, -0.2) is 0 Å². The van der Waals surface area contributed by atoms with E-state index in [-0.39, 0.29) is 5.96 Å². The molecule has 1 aromatic carbocycles. The molecular weight excluding hydrogens is 282 g/mol. The predicted octanol–water partition coefficient (Wildman–Crippen LogP) is 0.395. The van der Waals surface area contributed by atoms with Crippen LogP contribution in [0.2, 0.25) is 0 Å². The van der Waals surface area contributed by atoms with Crippen molar-refractivity contribution in [3.05, 3.63) is 29.8 Å². The number of nitrogens with zero attached hydrogens (tertiary/aromatic N) is 3. The molecule has 0 saturated carbocycles. The topological polar surface area (TPSA) is 98.5 Å². The van der Waals surface area contributed by atoms with Crippen molar-refractivity contribution in [3.8, 4) is 5.75 Å². The number of rotatable bonds is 7. The van der Waals surface area contributed by atoms with Crippen LogP contribution in [0.1, 0.15) is 12.0 Å². The first-order valence-corrected chi connectivity index (χ1v) is 7.39. The Morgan fingerprint density at radius 3 is 2.82 bits per heavy atom. The molecule has 7 heteroatoms. The van der Waals surface area contributed by atoms with E-state index in [1.807, 2.05) is 24.3 Å². The molecule has 0 spiro atoms. The van der Waals surface area contributed by atoms with Crippen LogP contribution in [0.15, 0.2) is 34.5 Å². The van der Waals surface area contributed by atoms with Gasteiger partial charge in [0.2, 0.25) is 5.96 Å². The van der Waals surface area contributed by atoms with Gasteiger partial charge in [0.25, 0.3) is 0 Å². The number of morpholine rings is 1. The van der Waals surface area contributed by atoms with Crippen LogP contribution < -0.4 is 16.2 Å². The molecule has 1 aliphatic heterocycles. The van der Waals surface area contributed by atoms with Crippen molar-refractivity contribution in [2.45, 2.75) is 6.42 Å². The van der Waals surface area contributed by atoms with Gasteiger partial charge >= 0.3 is 0 Å². The average Bonchev–Trinajstić information content (AvgIpc) is 2.53. The van der Waals surface area contributed by atoms with E-state index in [1.54, 1.807) is 6.21 Å². The number of benzene rings is 1. The summed E-state index contributed by atoms with van der Waals surface area (Å²) in [4.78, 5) is 2.39. The zero-order valence-corrected chi connectivity index (χ0v) is 12.6. The van der Waals surface area contributed by atoms with Crippen molar-refractivity contribution >= 4 is 12.2 Å². The Balaban J connectivity index is 1.79. The Kier molecular flexibility index (Phi) is 6.66. The maximum atomic E-state index is 5.83. The van der Waals surface area contributed by atoms with Crippen LogP contribution in [-0.2, 0) is 4.74 Å². The standard InChI is InChI=1S/C15H23N5O2/c16-15(17)19-18-12-13-4-1-2-5-14(13)22-9-3-6-20-7-10-21-11-8-20/h1-2,4-5,12H,3,6-11H2,(H4,16,17,19). The summed E-state index contributed by atoms with van der Waals surface area (Å²) in [6, 6.07) is 7.65. The lowest BCUT2D eigenvalue weighted by atomic mass is 10.2. The normalized spacial score (nSPS) is 15.8. The monoisotopic (exact) mass is 305 g/mol. The smallest absolute Gasteiger partial charge is 0.211 e. The fourth-order valence-electron chi connectivity index (χ4n) is 2.17. The van der Waals surface area contributed by atoms with Crippen molar-refractivity contribution in [2.75, 3.05) is 39.5 Å². The van der Waals surface area contributed by atoms with E-state index < -0.39 is 0 Å². The quantitative estimate of drug-likeness (QED) is 0.329. The van der Waals surface area contributed by atoms with E-state index >= 15 is 0 Å². The van der Waals surface area contributed by atoms with Crippen molar-refractivity contribution in [1.82, 2.24) is 4.90 Å². The number of ether oxygens (including phenoxy) is 2. The van der Waals surface area contributed by atoms with Gasteiger partial charge in [0, 0.05) is 25.2 Å². The number of para-hydroxylation sites is 1. The highest BCUT2D eigenvalue weighted by molar-refractivity contribution is 5.84. The Morgan fingerprint density at radius 2 is 2.05 bits per heavy atom. The van der Waals surface area contributed by atoms with Crippen molar-refractivity contribution < 1.29 is 9.47 Å². The lowest BCUT2D eigenvalue weighted by Crippen LogP contribution is -2.37. The zero-order chi connectivity index (χ0) is 15.6. The van der Waals surface area contributed by atoms with E-state index in [0.29, 0.717) is 6.61 Å². The van der Waals surface area contributed by atoms with Crippen LogP contribution in [0.3, 0.4) is 0 Å². The van der Waals surface area contributed by atoms with Gasteiger partial charge in [-0.15, -0.1) is 5.10 Å². The molecule has 1 fully saturated rings. The van der Waals surface area contributed by atoms with Crippen LogP contribution in [-0.4, -0.2) is 56.5 Å². The summed E-state index contributed by atoms with van der Waals surface area (Å²) < 4.78 is 11.2. The molecule has 1 saturated heterocycles. The molecule has 0 radical (unpaired) electrons. The molecule has 0 unspecified atom stereocenters. The maximum Gasteiger partial charge on any atom is 0.211 e. The van der Waals surface area contributed by atoms with Crippen LogP contribution in [0, 0.1) is 0 Å². The third-order valence-corrected chi connectivity index (χ3v) is 3.27. The van der Waals surface area contributed by atoms with E-state index in [9.17, 15) is 0 Å². The van der Waals surface area contributed by atoms with Gasteiger partial charge < -0.3 is 20.9 Å². The van der Waals surface area contributed by atoms with E-state index in [2.05, 4.69) is 15.1 Å². The van der Waals surface area contributed by atoms with Crippen LogP contribution >= 0.6 is 0 Å². The molecule has 7 nitrogen and oxygen atoms in total. The zero-order valence-electron chi connectivity index (χ0n) is 12.6. The first-order chi connectivity index (χ1) is 10.8. The molecule has 22 heavy (non-hydrogen) atoms. The second-order valence-electron chi connectivity index (χ2n) is 4.96. The maximum absolute atomic E-state index is 5.83. The van der Waals surface area contributed by atoms with E-state index in [4.69, 9.17) is 20.9 Å². The highest BCUT2D eigenvalue weighted by Crippen LogP contribution is 2.16. The molecule has 120 valence electrons. The van der Waals surface area contributed by atoms with Gasteiger partial charge in [0.15, 0.2) is 0 Å². The molecule has 2 rings (SSSR count). The lowest BCUT2D eigenvalue weighted by molar-refractivity contribution is 0.0358. The summed E-state index contributed by atoms with van der Waals surface area (Å²) in [6.45, 7) is 5.33. The summed E-state index contributed by atoms with van der Waals surface area (Å²) >= 11 is 0. The summed E-state index contributed by atoms with van der Waals surface area (Å²) in [7, 11) is 0. The van der Waals surface area contributed by atoms with Crippen LogP contribution in [0.5, 0.6) is 5.75 Å². The van der Waals surface area contributed by atoms with E-state index in [0.717, 1.165) is 50.6 Å². The second kappa shape index (κ2) is 9.01. The molecule has 0 bridgehead atoms. The summed E-state index contributed by atoms with van der Waals surface area (Å²) in [6.07, 6.45) is 2.55. The van der Waals surface area contributed by atoms with Gasteiger partial charge in [-0.2, -0.15) is 5.10 Å². The minimum Gasteiger partial charge on any atom is -0.493 e. The Hall–Kier alpha value is -2.12. The minimum absolute atomic E-state index is 0.0693. The third kappa shape index (κ3) is 5.71. The molecule has 1 heterocycles. The Morgan fingerprint density at radius 1 is 1.27 bits per heavy atom. The largest absolute Gasteiger partial charge is 0.493 e. The third-order valence-electron chi connectivity index (χ3n) is 3.27.